The summed E-state index contributed by atoms with van der Waals surface area (Å²) >= 11 is 0. The molecule has 2 bridgehead atoms. The number of aliphatic carboxylic acids is 1. The van der Waals surface area contributed by atoms with Gasteiger partial charge in [0.2, 0.25) is 0 Å². The first-order chi connectivity index (χ1) is 9.10. The molecule has 4 atom stereocenters. The largest absolute Gasteiger partial charge is 0.480 e. The van der Waals surface area contributed by atoms with Gasteiger partial charge in [-0.25, -0.2) is 9.59 Å². The Morgan fingerprint density at radius 1 is 1.37 bits per heavy atom. The highest BCUT2D eigenvalue weighted by Crippen LogP contribution is 2.47. The zero-order valence-electron chi connectivity index (χ0n) is 11.1. The molecule has 0 heterocycles. The van der Waals surface area contributed by atoms with Gasteiger partial charge in [-0.1, -0.05) is 12.5 Å². The Hall–Kier alpha value is -1.52. The molecule has 0 aromatic rings. The maximum absolute atomic E-state index is 11.7. The number of carbonyl (C=O) groups is 2. The predicted octanol–water partition coefficient (Wildman–Crippen LogP) is 1.75. The zero-order valence-corrected chi connectivity index (χ0v) is 11.1. The highest BCUT2D eigenvalue weighted by atomic mass is 16.4. The van der Waals surface area contributed by atoms with Crippen molar-refractivity contribution >= 4 is 12.0 Å². The van der Waals surface area contributed by atoms with Crippen LogP contribution in [0, 0.1) is 17.8 Å². The summed E-state index contributed by atoms with van der Waals surface area (Å²) in [7, 11) is 0. The molecule has 2 fully saturated rings. The Morgan fingerprint density at radius 2 is 2.16 bits per heavy atom. The minimum atomic E-state index is -1.03. The SMILES string of the molecule is C=CCC(NC(=O)NCC1CC2CCC1C2)C(=O)O. The van der Waals surface area contributed by atoms with E-state index < -0.39 is 18.0 Å². The van der Waals surface area contributed by atoms with Crippen LogP contribution in [0.1, 0.15) is 32.1 Å². The van der Waals surface area contributed by atoms with Crippen molar-refractivity contribution in [3.63, 3.8) is 0 Å². The summed E-state index contributed by atoms with van der Waals surface area (Å²) in [6, 6.07) is -1.28. The number of urea groups is 1. The summed E-state index contributed by atoms with van der Waals surface area (Å²) in [6.07, 6.45) is 6.87. The predicted molar refractivity (Wildman–Crippen MR) is 71.7 cm³/mol. The van der Waals surface area contributed by atoms with Crippen molar-refractivity contribution in [2.24, 2.45) is 17.8 Å². The van der Waals surface area contributed by atoms with E-state index in [2.05, 4.69) is 17.2 Å². The number of carboxylic acid groups (broad SMARTS) is 1. The molecule has 0 spiro atoms. The highest BCUT2D eigenvalue weighted by Gasteiger charge is 2.39. The number of carboxylic acids is 1. The zero-order chi connectivity index (χ0) is 13.8. The lowest BCUT2D eigenvalue weighted by Gasteiger charge is -2.22. The first kappa shape index (κ1) is 13.9. The van der Waals surface area contributed by atoms with Crippen LogP contribution in [0.5, 0.6) is 0 Å². The lowest BCUT2D eigenvalue weighted by atomic mass is 9.89. The summed E-state index contributed by atoms with van der Waals surface area (Å²) in [5.74, 6) is 1.16. The van der Waals surface area contributed by atoms with E-state index in [1.165, 1.54) is 31.8 Å². The maximum atomic E-state index is 11.7. The standard InChI is InChI=1S/C14H22N2O3/c1-2-3-12(13(17)18)16-14(19)15-8-11-7-9-4-5-10(11)6-9/h2,9-12H,1,3-8H2,(H,17,18)(H2,15,16,19). The number of hydrogen-bond acceptors (Lipinski definition) is 2. The molecular formula is C14H22N2O3. The van der Waals surface area contributed by atoms with E-state index in [-0.39, 0.29) is 6.42 Å². The topological polar surface area (TPSA) is 78.4 Å². The third kappa shape index (κ3) is 3.49. The molecule has 2 aliphatic rings. The minimum absolute atomic E-state index is 0.233. The second-order valence-electron chi connectivity index (χ2n) is 5.70. The molecule has 0 radical (unpaired) electrons. The molecule has 0 aromatic heterocycles. The third-order valence-corrected chi connectivity index (χ3v) is 4.42. The van der Waals surface area contributed by atoms with Gasteiger partial charge in [0.15, 0.2) is 0 Å². The summed E-state index contributed by atoms with van der Waals surface area (Å²) < 4.78 is 0. The molecule has 4 unspecified atom stereocenters. The van der Waals surface area contributed by atoms with E-state index in [0.29, 0.717) is 12.5 Å². The molecule has 3 N–H and O–H groups in total. The minimum Gasteiger partial charge on any atom is -0.480 e. The molecule has 2 aliphatic carbocycles. The highest BCUT2D eigenvalue weighted by molar-refractivity contribution is 5.82. The molecule has 19 heavy (non-hydrogen) atoms. The van der Waals surface area contributed by atoms with Crippen LogP contribution in [-0.2, 0) is 4.79 Å². The fourth-order valence-electron chi connectivity index (χ4n) is 3.45. The van der Waals surface area contributed by atoms with Gasteiger partial charge in [0.1, 0.15) is 6.04 Å². The molecule has 0 aliphatic heterocycles. The van der Waals surface area contributed by atoms with Gasteiger partial charge in [-0.05, 0) is 43.4 Å². The van der Waals surface area contributed by atoms with Crippen molar-refractivity contribution in [2.75, 3.05) is 6.54 Å². The number of hydrogen-bond donors (Lipinski definition) is 3. The number of amides is 2. The maximum Gasteiger partial charge on any atom is 0.326 e. The van der Waals surface area contributed by atoms with Gasteiger partial charge in [0, 0.05) is 6.54 Å². The Bertz CT molecular complexity index is 370. The molecule has 0 saturated heterocycles. The Labute approximate surface area is 113 Å². The number of carbonyl (C=O) groups excluding carboxylic acids is 1. The first-order valence-corrected chi connectivity index (χ1v) is 6.98. The molecule has 2 rings (SSSR count). The number of rotatable bonds is 6. The summed E-state index contributed by atoms with van der Waals surface area (Å²) in [5.41, 5.74) is 0. The van der Waals surface area contributed by atoms with Crippen LogP contribution in [0.15, 0.2) is 12.7 Å². The summed E-state index contributed by atoms with van der Waals surface area (Å²) in [5, 5.41) is 14.2. The fourth-order valence-corrected chi connectivity index (χ4v) is 3.45. The Morgan fingerprint density at radius 3 is 2.68 bits per heavy atom. The normalized spacial score (nSPS) is 29.8. The van der Waals surface area contributed by atoms with Crippen molar-refractivity contribution in [3.05, 3.63) is 12.7 Å². The molecule has 5 nitrogen and oxygen atoms in total. The van der Waals surface area contributed by atoms with Crippen molar-refractivity contribution in [2.45, 2.75) is 38.1 Å². The molecule has 5 heteroatoms. The van der Waals surface area contributed by atoms with E-state index in [4.69, 9.17) is 5.11 Å². The van der Waals surface area contributed by atoms with E-state index in [9.17, 15) is 9.59 Å². The Balaban J connectivity index is 1.72. The third-order valence-electron chi connectivity index (χ3n) is 4.42. The smallest absolute Gasteiger partial charge is 0.326 e. The van der Waals surface area contributed by atoms with Crippen LogP contribution in [-0.4, -0.2) is 29.7 Å². The van der Waals surface area contributed by atoms with E-state index in [1.807, 2.05) is 0 Å². The van der Waals surface area contributed by atoms with Gasteiger partial charge < -0.3 is 15.7 Å². The molecular weight excluding hydrogens is 244 g/mol. The molecule has 2 saturated carbocycles. The average Bonchev–Trinajstić information content (AvgIpc) is 2.97. The van der Waals surface area contributed by atoms with Gasteiger partial charge in [0.05, 0.1) is 0 Å². The van der Waals surface area contributed by atoms with Gasteiger partial charge in [-0.3, -0.25) is 0 Å². The van der Waals surface area contributed by atoms with Crippen LogP contribution in [0.4, 0.5) is 4.79 Å². The van der Waals surface area contributed by atoms with Gasteiger partial charge in [0.25, 0.3) is 0 Å². The van der Waals surface area contributed by atoms with Crippen molar-refractivity contribution in [1.29, 1.82) is 0 Å². The monoisotopic (exact) mass is 266 g/mol. The van der Waals surface area contributed by atoms with Gasteiger partial charge in [-0.2, -0.15) is 0 Å². The van der Waals surface area contributed by atoms with E-state index in [1.54, 1.807) is 0 Å². The van der Waals surface area contributed by atoms with E-state index in [0.717, 1.165) is 11.8 Å². The lowest BCUT2D eigenvalue weighted by Crippen LogP contribution is -2.47. The van der Waals surface area contributed by atoms with E-state index >= 15 is 0 Å². The molecule has 106 valence electrons. The van der Waals surface area contributed by atoms with Gasteiger partial charge in [-0.15, -0.1) is 6.58 Å². The molecule has 2 amide bonds. The van der Waals surface area contributed by atoms with Crippen LogP contribution in [0.2, 0.25) is 0 Å². The van der Waals surface area contributed by atoms with Crippen LogP contribution >= 0.6 is 0 Å². The van der Waals surface area contributed by atoms with Crippen LogP contribution in [0.25, 0.3) is 0 Å². The summed E-state index contributed by atoms with van der Waals surface area (Å²) in [4.78, 5) is 22.6. The lowest BCUT2D eigenvalue weighted by molar-refractivity contribution is -0.139. The number of fused-ring (bicyclic) bond motifs is 2. The first-order valence-electron chi connectivity index (χ1n) is 6.98. The van der Waals surface area contributed by atoms with Crippen LogP contribution in [0.3, 0.4) is 0 Å². The Kier molecular flexibility index (Phi) is 4.45. The van der Waals surface area contributed by atoms with Crippen molar-refractivity contribution in [3.8, 4) is 0 Å². The average molecular weight is 266 g/mol. The molecule has 0 aromatic carbocycles. The van der Waals surface area contributed by atoms with Crippen LogP contribution < -0.4 is 10.6 Å². The second-order valence-corrected chi connectivity index (χ2v) is 5.70. The summed E-state index contributed by atoms with van der Waals surface area (Å²) in [6.45, 7) is 4.15. The van der Waals surface area contributed by atoms with Crippen molar-refractivity contribution < 1.29 is 14.7 Å². The second kappa shape index (κ2) is 6.08. The number of nitrogens with one attached hydrogen (secondary N) is 2. The fraction of sp³-hybridized carbons (Fsp3) is 0.714. The van der Waals surface area contributed by atoms with Crippen molar-refractivity contribution in [1.82, 2.24) is 10.6 Å². The van der Waals surface area contributed by atoms with Gasteiger partial charge >= 0.3 is 12.0 Å². The quantitative estimate of drug-likeness (QED) is 0.641.